The van der Waals surface area contributed by atoms with Gasteiger partial charge in [-0.05, 0) is 22.9 Å². The van der Waals surface area contributed by atoms with Crippen LogP contribution in [0.15, 0.2) is 9.09 Å². The highest BCUT2D eigenvalue weighted by molar-refractivity contribution is 9.14. The van der Waals surface area contributed by atoms with Crippen molar-refractivity contribution < 1.29 is 0 Å². The summed E-state index contributed by atoms with van der Waals surface area (Å²) in [5.41, 5.74) is 5.18. The molecule has 6 heavy (non-hydrogen) atoms. The predicted octanol–water partition coefficient (Wildman–Crippen LogP) is 1.92. The first-order chi connectivity index (χ1) is 2.64. The summed E-state index contributed by atoms with van der Waals surface area (Å²) >= 11 is 6.20. The molecule has 0 saturated carbocycles. The van der Waals surface area contributed by atoms with Gasteiger partial charge in [-0.15, -0.1) is 0 Å². The molecular weight excluding hydrogens is 210 g/mol. The van der Waals surface area contributed by atoms with E-state index in [0.29, 0.717) is 4.61 Å². The van der Waals surface area contributed by atoms with Crippen LogP contribution in [-0.4, -0.2) is 0 Å². The first-order valence-corrected chi connectivity index (χ1v) is 3.00. The van der Waals surface area contributed by atoms with Gasteiger partial charge >= 0.3 is 0 Å². The topological polar surface area (TPSA) is 26.0 Å². The Kier molecular flexibility index (Phi) is 2.86. The van der Waals surface area contributed by atoms with E-state index in [1.807, 2.05) is 6.92 Å². The van der Waals surface area contributed by atoms with Gasteiger partial charge in [0.1, 0.15) is 0 Å². The Balaban J connectivity index is 3.68. The Bertz CT molecular complexity index is 58.9. The van der Waals surface area contributed by atoms with Crippen LogP contribution < -0.4 is 5.73 Å². The normalized spacial score (nSPS) is 13.8. The molecule has 1 nitrogen and oxygen atoms in total. The van der Waals surface area contributed by atoms with E-state index in [9.17, 15) is 0 Å². The van der Waals surface area contributed by atoms with Crippen LogP contribution in [0.5, 0.6) is 0 Å². The maximum absolute atomic E-state index is 5.18. The van der Waals surface area contributed by atoms with Gasteiger partial charge in [0.2, 0.25) is 0 Å². The Morgan fingerprint density at radius 2 is 1.67 bits per heavy atom. The molecule has 0 aromatic rings. The molecule has 0 radical (unpaired) electrons. The van der Waals surface area contributed by atoms with Crippen molar-refractivity contribution in [2.24, 2.45) is 5.73 Å². The standard InChI is InChI=1S/C3H5Br2N/c1-2(4)3(5)6/h6H2,1H3/b3-2+. The molecule has 36 valence electrons. The number of nitrogens with two attached hydrogens (primary N) is 1. The largest absolute Gasteiger partial charge is 0.392 e. The summed E-state index contributed by atoms with van der Waals surface area (Å²) in [5, 5.41) is 0. The molecule has 0 heterocycles. The van der Waals surface area contributed by atoms with E-state index in [1.165, 1.54) is 0 Å². The minimum absolute atomic E-state index is 0.655. The van der Waals surface area contributed by atoms with Crippen LogP contribution in [-0.2, 0) is 0 Å². The average molecular weight is 215 g/mol. The lowest BCUT2D eigenvalue weighted by Gasteiger charge is -1.83. The van der Waals surface area contributed by atoms with E-state index in [4.69, 9.17) is 5.73 Å². The fourth-order valence-electron chi connectivity index (χ4n) is 0. The second-order valence-electron chi connectivity index (χ2n) is 0.881. The molecule has 0 aromatic carbocycles. The van der Waals surface area contributed by atoms with E-state index >= 15 is 0 Å². The third-order valence-electron chi connectivity index (χ3n) is 0.329. The van der Waals surface area contributed by atoms with E-state index in [1.54, 1.807) is 0 Å². The van der Waals surface area contributed by atoms with Crippen LogP contribution in [0.1, 0.15) is 6.92 Å². The van der Waals surface area contributed by atoms with Crippen molar-refractivity contribution in [1.82, 2.24) is 0 Å². The summed E-state index contributed by atoms with van der Waals surface area (Å²) in [6, 6.07) is 0. The van der Waals surface area contributed by atoms with Crippen LogP contribution in [0.25, 0.3) is 0 Å². The first kappa shape index (κ1) is 6.50. The van der Waals surface area contributed by atoms with Crippen LogP contribution >= 0.6 is 31.9 Å². The minimum Gasteiger partial charge on any atom is -0.392 e. The van der Waals surface area contributed by atoms with Gasteiger partial charge in [-0.25, -0.2) is 0 Å². The number of hydrogen-bond donors (Lipinski definition) is 1. The van der Waals surface area contributed by atoms with E-state index < -0.39 is 0 Å². The number of hydrogen-bond acceptors (Lipinski definition) is 1. The SMILES string of the molecule is C/C(Br)=C(\N)Br. The van der Waals surface area contributed by atoms with Gasteiger partial charge in [0.15, 0.2) is 0 Å². The lowest BCUT2D eigenvalue weighted by molar-refractivity contribution is 1.50. The molecule has 0 aliphatic heterocycles. The second-order valence-corrected chi connectivity index (χ2v) is 2.93. The lowest BCUT2D eigenvalue weighted by atomic mass is 10.7. The van der Waals surface area contributed by atoms with Crippen molar-refractivity contribution in [1.29, 1.82) is 0 Å². The summed E-state index contributed by atoms with van der Waals surface area (Å²) in [6.45, 7) is 1.87. The third kappa shape index (κ3) is 2.72. The highest BCUT2D eigenvalue weighted by atomic mass is 79.9. The smallest absolute Gasteiger partial charge is 0.0853 e. The van der Waals surface area contributed by atoms with Crippen molar-refractivity contribution in [3.8, 4) is 0 Å². The van der Waals surface area contributed by atoms with E-state index in [2.05, 4.69) is 31.9 Å². The van der Waals surface area contributed by atoms with E-state index in [-0.39, 0.29) is 0 Å². The fraction of sp³-hybridized carbons (Fsp3) is 0.333. The van der Waals surface area contributed by atoms with Crippen LogP contribution in [0.4, 0.5) is 0 Å². The highest BCUT2D eigenvalue weighted by Gasteiger charge is 1.81. The number of rotatable bonds is 0. The van der Waals surface area contributed by atoms with Crippen molar-refractivity contribution in [2.45, 2.75) is 6.92 Å². The number of allylic oxidation sites excluding steroid dienone is 1. The monoisotopic (exact) mass is 213 g/mol. The zero-order valence-corrected chi connectivity index (χ0v) is 6.51. The Labute approximate surface area is 53.9 Å². The quantitative estimate of drug-likeness (QED) is 0.613. The molecule has 0 spiro atoms. The average Bonchev–Trinajstić information content (AvgIpc) is 1.36. The summed E-state index contributed by atoms with van der Waals surface area (Å²) in [6.07, 6.45) is 0. The van der Waals surface area contributed by atoms with Crippen molar-refractivity contribution in [3.63, 3.8) is 0 Å². The van der Waals surface area contributed by atoms with Gasteiger partial charge < -0.3 is 5.73 Å². The molecule has 3 heteroatoms. The Morgan fingerprint density at radius 3 is 1.67 bits per heavy atom. The van der Waals surface area contributed by atoms with Crippen LogP contribution in [0.2, 0.25) is 0 Å². The predicted molar refractivity (Wildman–Crippen MR) is 34.7 cm³/mol. The molecule has 0 atom stereocenters. The molecular formula is C3H5Br2N. The summed E-state index contributed by atoms with van der Waals surface area (Å²) in [7, 11) is 0. The van der Waals surface area contributed by atoms with Gasteiger partial charge in [-0.2, -0.15) is 0 Å². The maximum Gasteiger partial charge on any atom is 0.0853 e. The van der Waals surface area contributed by atoms with Crippen LogP contribution in [0, 0.1) is 0 Å². The fourth-order valence-corrected chi connectivity index (χ4v) is 0. The molecule has 2 N–H and O–H groups in total. The lowest BCUT2D eigenvalue weighted by Crippen LogP contribution is -1.85. The number of halogens is 2. The van der Waals surface area contributed by atoms with Gasteiger partial charge in [-0.3, -0.25) is 0 Å². The van der Waals surface area contributed by atoms with Crippen molar-refractivity contribution in [3.05, 3.63) is 9.09 Å². The van der Waals surface area contributed by atoms with E-state index in [0.717, 1.165) is 4.48 Å². The molecule has 0 unspecified atom stereocenters. The van der Waals surface area contributed by atoms with Gasteiger partial charge in [-0.1, -0.05) is 15.9 Å². The van der Waals surface area contributed by atoms with Gasteiger partial charge in [0.25, 0.3) is 0 Å². The molecule has 0 aliphatic carbocycles. The summed E-state index contributed by atoms with van der Waals surface area (Å²) in [5.74, 6) is 0. The Hall–Kier alpha value is 0.500. The zero-order chi connectivity index (χ0) is 5.15. The summed E-state index contributed by atoms with van der Waals surface area (Å²) in [4.78, 5) is 0. The zero-order valence-electron chi connectivity index (χ0n) is 3.33. The van der Waals surface area contributed by atoms with Crippen molar-refractivity contribution >= 4 is 31.9 Å². The van der Waals surface area contributed by atoms with Gasteiger partial charge in [0, 0.05) is 4.48 Å². The molecule has 0 amide bonds. The van der Waals surface area contributed by atoms with Gasteiger partial charge in [0.05, 0.1) is 4.61 Å². The summed E-state index contributed by atoms with van der Waals surface area (Å²) < 4.78 is 1.59. The molecule has 0 fully saturated rings. The molecule has 0 bridgehead atoms. The maximum atomic E-state index is 5.18. The minimum atomic E-state index is 0.655. The molecule has 0 saturated heterocycles. The van der Waals surface area contributed by atoms with Crippen LogP contribution in [0.3, 0.4) is 0 Å². The van der Waals surface area contributed by atoms with Crippen molar-refractivity contribution in [2.75, 3.05) is 0 Å². The highest BCUT2D eigenvalue weighted by Crippen LogP contribution is 2.09. The molecule has 0 aliphatic rings. The Morgan fingerprint density at radius 1 is 1.50 bits per heavy atom. The first-order valence-electron chi connectivity index (χ1n) is 1.42. The molecule has 0 rings (SSSR count). The second kappa shape index (κ2) is 2.64. The molecule has 0 aromatic heterocycles. The third-order valence-corrected chi connectivity index (χ3v) is 1.88.